The summed E-state index contributed by atoms with van der Waals surface area (Å²) in [5, 5.41) is 0. The third-order valence-electron chi connectivity index (χ3n) is 0. The van der Waals surface area contributed by atoms with E-state index >= 15 is 0 Å². The van der Waals surface area contributed by atoms with Crippen molar-refractivity contribution < 1.29 is 32.8 Å². The Labute approximate surface area is 57.8 Å². The molecule has 0 atom stereocenters. The smallest absolute Gasteiger partial charge is 1.00 e. The molecule has 0 rings (SSSR count). The van der Waals surface area contributed by atoms with Gasteiger partial charge in [0.15, 0.2) is 0 Å². The molecule has 4 nitrogen and oxygen atoms in total. The van der Waals surface area contributed by atoms with Gasteiger partial charge in [-0.1, -0.05) is 0 Å². The fourth-order valence-electron chi connectivity index (χ4n) is 0. The second-order valence-corrected chi connectivity index (χ2v) is 0. The van der Waals surface area contributed by atoms with Crippen LogP contribution in [0.1, 0.15) is 0 Å². The molecule has 0 aliphatic rings. The van der Waals surface area contributed by atoms with E-state index < -0.39 is 0 Å². The Morgan fingerprint density at radius 1 is 0.500 bits per heavy atom. The summed E-state index contributed by atoms with van der Waals surface area (Å²) in [5.74, 6) is 0. The van der Waals surface area contributed by atoms with Gasteiger partial charge in [0.25, 0.3) is 0 Å². The van der Waals surface area contributed by atoms with E-state index in [0.29, 0.717) is 0 Å². The maximum absolute atomic E-state index is 0. The van der Waals surface area contributed by atoms with Crippen molar-refractivity contribution in [2.45, 2.75) is 0 Å². The normalized spacial score (nSPS) is 0. The molecule has 0 aromatic rings. The van der Waals surface area contributed by atoms with Gasteiger partial charge in [-0.15, -0.1) is 0 Å². The maximum Gasteiger partial charge on any atom is 2.00 e. The minimum Gasteiger partial charge on any atom is -1.00 e. The van der Waals surface area contributed by atoms with Crippen LogP contribution in [0.4, 0.5) is 0 Å². The van der Waals surface area contributed by atoms with E-state index in [2.05, 4.69) is 0 Å². The largest absolute Gasteiger partial charge is 2.00 e. The minimum absolute atomic E-state index is 0. The zero-order valence-electron chi connectivity index (χ0n) is 3.00. The molecule has 0 unspecified atom stereocenters. The van der Waals surface area contributed by atoms with Crippen LogP contribution in [-0.4, -0.2) is 0 Å². The van der Waals surface area contributed by atoms with Crippen LogP contribution in [0.15, 0.2) is 0 Å². The molecule has 0 aromatic carbocycles. The van der Waals surface area contributed by atoms with Gasteiger partial charge < -0.3 is 37.0 Å². The fraction of sp³-hybridized carbons (Fsp3) is 0. The predicted molar refractivity (Wildman–Crippen MR) is 21.1 cm³/mol. The molecule has 0 aliphatic carbocycles. The summed E-state index contributed by atoms with van der Waals surface area (Å²) in [4.78, 5) is 0. The Balaban J connectivity index is 0. The zero-order chi connectivity index (χ0) is 0. The molecule has 8 N–H and O–H groups in total. The van der Waals surface area contributed by atoms with Crippen molar-refractivity contribution in [2.75, 3.05) is 0 Å². The molecule has 0 spiro atoms. The predicted octanol–water partition coefficient (Wildman–Crippen LogP) is -0.130. The quantitative estimate of drug-likeness (QED) is 0.488. The van der Waals surface area contributed by atoms with E-state index in [9.17, 15) is 0 Å². The first-order chi connectivity index (χ1) is 0. The van der Waals surface area contributed by atoms with E-state index in [1.165, 1.54) is 0 Å². The van der Waals surface area contributed by atoms with Gasteiger partial charge >= 0.3 is 20.4 Å². The fourth-order valence-corrected chi connectivity index (χ4v) is 0. The molecule has 0 fully saturated rings. The van der Waals surface area contributed by atoms with E-state index in [0.717, 1.165) is 0 Å². The first-order valence-electron chi connectivity index (χ1n) is 0. The summed E-state index contributed by atoms with van der Waals surface area (Å²) in [5.41, 5.74) is 0. The molecule has 0 saturated carbocycles. The Hall–Kier alpha value is 0.792. The minimum atomic E-state index is 0. The molecule has 0 bridgehead atoms. The first kappa shape index (κ1) is 363. The van der Waals surface area contributed by atoms with Crippen LogP contribution in [0.25, 0.3) is 24.6 Å². The average Bonchev–Trinajstić information content (AvgIpc) is 0. The van der Waals surface area contributed by atoms with Crippen LogP contribution >= 0.6 is 0 Å². The molecule has 48 valence electrons. The third kappa shape index (κ3) is 110. The van der Waals surface area contributed by atoms with Gasteiger partial charge in [-0.2, -0.15) is 0 Å². The number of halogens is 1. The van der Waals surface area contributed by atoms with Crippen molar-refractivity contribution >= 4 is 0 Å². The average molecular weight is 206 g/mol. The molecule has 0 amide bonds. The van der Waals surface area contributed by atoms with Gasteiger partial charge in [-0.3, -0.25) is 0 Å². The molecule has 0 radical (unpaired) electrons. The van der Waals surface area contributed by atoms with E-state index in [1.807, 2.05) is 0 Å². The van der Waals surface area contributed by atoms with Gasteiger partial charge in [-0.05, 0) is 0 Å². The SMILES string of the molecule is [Cl-].[NH2-].[NH2-].[NH2-].[NH2-].[Pd+2]. The van der Waals surface area contributed by atoms with Crippen LogP contribution in [0.5, 0.6) is 0 Å². The van der Waals surface area contributed by atoms with Crippen LogP contribution in [0.3, 0.4) is 0 Å². The standard InChI is InChI=1S/ClH.4H2N.Pd/h1H;4*1H2;/q;4*-1;+2/p-1. The third-order valence-corrected chi connectivity index (χ3v) is 0. The Kier molecular flexibility index (Phi) is 12800. The van der Waals surface area contributed by atoms with Crippen molar-refractivity contribution in [2.24, 2.45) is 0 Å². The Morgan fingerprint density at radius 3 is 0.500 bits per heavy atom. The molecule has 0 aromatic heterocycles. The van der Waals surface area contributed by atoms with Crippen molar-refractivity contribution in [3.63, 3.8) is 0 Å². The summed E-state index contributed by atoms with van der Waals surface area (Å²) in [7, 11) is 0. The Morgan fingerprint density at radius 2 is 0.500 bits per heavy atom. The van der Waals surface area contributed by atoms with E-state index in [4.69, 9.17) is 0 Å². The van der Waals surface area contributed by atoms with Gasteiger partial charge in [0.05, 0.1) is 0 Å². The number of rotatable bonds is 0. The summed E-state index contributed by atoms with van der Waals surface area (Å²) >= 11 is 0. The van der Waals surface area contributed by atoms with Gasteiger partial charge in [0, 0.05) is 0 Å². The maximum atomic E-state index is 0. The van der Waals surface area contributed by atoms with Crippen molar-refractivity contribution in [1.29, 1.82) is 0 Å². The van der Waals surface area contributed by atoms with Gasteiger partial charge in [0.1, 0.15) is 0 Å². The topological polar surface area (TPSA) is 134 Å². The van der Waals surface area contributed by atoms with Gasteiger partial charge in [0.2, 0.25) is 0 Å². The molecule has 6 heteroatoms. The number of hydrogen-bond acceptors (Lipinski definition) is 0. The van der Waals surface area contributed by atoms with Crippen molar-refractivity contribution in [3.8, 4) is 0 Å². The molecular weight excluding hydrogens is 198 g/mol. The first-order valence-corrected chi connectivity index (χ1v) is 0. The van der Waals surface area contributed by atoms with Crippen molar-refractivity contribution in [3.05, 3.63) is 24.6 Å². The Bertz CT molecular complexity index is 7.51. The monoisotopic (exact) mass is 205 g/mol. The van der Waals surface area contributed by atoms with Crippen molar-refractivity contribution in [1.82, 2.24) is 0 Å². The second kappa shape index (κ2) is 212. The molecule has 0 heterocycles. The van der Waals surface area contributed by atoms with Crippen LogP contribution < -0.4 is 12.4 Å². The molecular formula is H8ClN4Pd-3. The number of nitrogens with two attached hydrogens (primary N) is 4. The molecule has 6 heavy (non-hydrogen) atoms. The van der Waals surface area contributed by atoms with E-state index in [-0.39, 0.29) is 57.4 Å². The number of hydrogen-bond donors (Lipinski definition) is 0. The molecule has 0 aliphatic heterocycles. The van der Waals surface area contributed by atoms with Gasteiger partial charge in [-0.25, -0.2) is 0 Å². The van der Waals surface area contributed by atoms with E-state index in [1.54, 1.807) is 0 Å². The van der Waals surface area contributed by atoms with Crippen LogP contribution in [-0.2, 0) is 20.4 Å². The summed E-state index contributed by atoms with van der Waals surface area (Å²) in [6, 6.07) is 0. The second-order valence-electron chi connectivity index (χ2n) is 0. The molecule has 0 saturated heterocycles. The zero-order valence-corrected chi connectivity index (χ0v) is 5.31. The van der Waals surface area contributed by atoms with Crippen LogP contribution in [0, 0.1) is 0 Å². The summed E-state index contributed by atoms with van der Waals surface area (Å²) in [6.07, 6.45) is 0. The van der Waals surface area contributed by atoms with Crippen LogP contribution in [0.2, 0.25) is 0 Å². The summed E-state index contributed by atoms with van der Waals surface area (Å²) < 4.78 is 0. The summed E-state index contributed by atoms with van der Waals surface area (Å²) in [6.45, 7) is 0.